The molecule has 1 fully saturated rings. The number of carbonyl (C=O) groups excluding carboxylic acids is 2. The third kappa shape index (κ3) is 4.41. The lowest BCUT2D eigenvalue weighted by atomic mass is 10.0. The Morgan fingerprint density at radius 1 is 1.04 bits per heavy atom. The van der Waals surface area contributed by atoms with Crippen LogP contribution in [0.2, 0.25) is 0 Å². The van der Waals surface area contributed by atoms with Gasteiger partial charge in [0.05, 0.1) is 6.42 Å². The molecule has 0 saturated carbocycles. The quantitative estimate of drug-likeness (QED) is 0.915. The normalized spacial score (nSPS) is 16.9. The van der Waals surface area contributed by atoms with Gasteiger partial charge < -0.3 is 15.1 Å². The SMILES string of the molecule is C[C@@H](NC(=O)Cc1cccc2ccccc12)C(=O)N1CCCN(C)CC1. The second-order valence-corrected chi connectivity index (χ2v) is 7.09. The van der Waals surface area contributed by atoms with E-state index in [-0.39, 0.29) is 18.2 Å². The van der Waals surface area contributed by atoms with Gasteiger partial charge in [-0.05, 0) is 43.3 Å². The summed E-state index contributed by atoms with van der Waals surface area (Å²) < 4.78 is 0. The van der Waals surface area contributed by atoms with Crippen LogP contribution in [0.5, 0.6) is 0 Å². The van der Waals surface area contributed by atoms with Crippen LogP contribution < -0.4 is 5.32 Å². The van der Waals surface area contributed by atoms with Crippen LogP contribution in [0.15, 0.2) is 42.5 Å². The number of likely N-dealkylation sites (N-methyl/N-ethyl adjacent to an activating group) is 1. The average molecular weight is 353 g/mol. The Hall–Kier alpha value is -2.40. The van der Waals surface area contributed by atoms with Crippen molar-refractivity contribution in [1.29, 1.82) is 0 Å². The third-order valence-corrected chi connectivity index (χ3v) is 5.01. The number of amides is 2. The molecule has 26 heavy (non-hydrogen) atoms. The van der Waals surface area contributed by atoms with Gasteiger partial charge in [-0.3, -0.25) is 9.59 Å². The Balaban J connectivity index is 1.61. The van der Waals surface area contributed by atoms with Crippen molar-refractivity contribution in [2.45, 2.75) is 25.8 Å². The zero-order valence-corrected chi connectivity index (χ0v) is 15.6. The van der Waals surface area contributed by atoms with E-state index in [2.05, 4.69) is 17.3 Å². The summed E-state index contributed by atoms with van der Waals surface area (Å²) in [6.07, 6.45) is 1.25. The number of hydrogen-bond acceptors (Lipinski definition) is 3. The van der Waals surface area contributed by atoms with Crippen LogP contribution in [-0.2, 0) is 16.0 Å². The maximum atomic E-state index is 12.7. The van der Waals surface area contributed by atoms with Crippen molar-refractivity contribution in [2.75, 3.05) is 33.2 Å². The van der Waals surface area contributed by atoms with Crippen LogP contribution >= 0.6 is 0 Å². The van der Waals surface area contributed by atoms with Gasteiger partial charge in [0.2, 0.25) is 11.8 Å². The second kappa shape index (κ2) is 8.32. The van der Waals surface area contributed by atoms with E-state index in [1.807, 2.05) is 47.4 Å². The van der Waals surface area contributed by atoms with Crippen LogP contribution in [-0.4, -0.2) is 60.9 Å². The first kappa shape index (κ1) is 18.4. The number of carbonyl (C=O) groups is 2. The summed E-state index contributed by atoms with van der Waals surface area (Å²) in [5.74, 6) is -0.110. The van der Waals surface area contributed by atoms with Crippen molar-refractivity contribution in [3.05, 3.63) is 48.0 Å². The fraction of sp³-hybridized carbons (Fsp3) is 0.429. The van der Waals surface area contributed by atoms with Crippen LogP contribution in [0.1, 0.15) is 18.9 Å². The molecular formula is C21H27N3O2. The van der Waals surface area contributed by atoms with Gasteiger partial charge in [0, 0.05) is 19.6 Å². The maximum Gasteiger partial charge on any atom is 0.244 e. The van der Waals surface area contributed by atoms with Gasteiger partial charge >= 0.3 is 0 Å². The van der Waals surface area contributed by atoms with Crippen molar-refractivity contribution < 1.29 is 9.59 Å². The molecule has 0 aliphatic carbocycles. The minimum absolute atomic E-state index is 0.00608. The summed E-state index contributed by atoms with van der Waals surface area (Å²) in [5, 5.41) is 5.08. The van der Waals surface area contributed by atoms with Gasteiger partial charge in [-0.2, -0.15) is 0 Å². The minimum Gasteiger partial charge on any atom is -0.344 e. The lowest BCUT2D eigenvalue weighted by Gasteiger charge is -2.24. The van der Waals surface area contributed by atoms with Gasteiger partial charge in [-0.15, -0.1) is 0 Å². The Bertz CT molecular complexity index is 784. The first-order valence-electron chi connectivity index (χ1n) is 9.28. The third-order valence-electron chi connectivity index (χ3n) is 5.01. The molecular weight excluding hydrogens is 326 g/mol. The smallest absolute Gasteiger partial charge is 0.244 e. The van der Waals surface area contributed by atoms with E-state index in [0.717, 1.165) is 48.9 Å². The van der Waals surface area contributed by atoms with Crippen molar-refractivity contribution in [1.82, 2.24) is 15.1 Å². The summed E-state index contributed by atoms with van der Waals surface area (Å²) in [7, 11) is 2.07. The molecule has 5 nitrogen and oxygen atoms in total. The predicted molar refractivity (Wildman–Crippen MR) is 104 cm³/mol. The summed E-state index contributed by atoms with van der Waals surface area (Å²) in [4.78, 5) is 29.2. The summed E-state index contributed by atoms with van der Waals surface area (Å²) in [6, 6.07) is 13.5. The molecule has 1 aliphatic rings. The van der Waals surface area contributed by atoms with Crippen LogP contribution in [0.25, 0.3) is 10.8 Å². The van der Waals surface area contributed by atoms with Crippen molar-refractivity contribution >= 4 is 22.6 Å². The topological polar surface area (TPSA) is 52.7 Å². The lowest BCUT2D eigenvalue weighted by Crippen LogP contribution is -2.48. The molecule has 2 aromatic carbocycles. The number of fused-ring (bicyclic) bond motifs is 1. The monoisotopic (exact) mass is 353 g/mol. The number of rotatable bonds is 4. The molecule has 0 bridgehead atoms. The van der Waals surface area contributed by atoms with Crippen molar-refractivity contribution in [3.63, 3.8) is 0 Å². The molecule has 0 radical (unpaired) electrons. The molecule has 5 heteroatoms. The van der Waals surface area contributed by atoms with Gasteiger partial charge in [0.25, 0.3) is 0 Å². The Kier molecular flexibility index (Phi) is 5.89. The number of nitrogens with zero attached hydrogens (tertiary/aromatic N) is 2. The molecule has 1 aliphatic heterocycles. The highest BCUT2D eigenvalue weighted by atomic mass is 16.2. The van der Waals surface area contributed by atoms with Crippen LogP contribution in [0.3, 0.4) is 0 Å². The van der Waals surface area contributed by atoms with E-state index < -0.39 is 6.04 Å². The van der Waals surface area contributed by atoms with Gasteiger partial charge in [-0.25, -0.2) is 0 Å². The summed E-state index contributed by atoms with van der Waals surface area (Å²) >= 11 is 0. The van der Waals surface area contributed by atoms with E-state index in [1.165, 1.54) is 0 Å². The fourth-order valence-corrected chi connectivity index (χ4v) is 3.51. The molecule has 0 spiro atoms. The molecule has 0 aromatic heterocycles. The Morgan fingerprint density at radius 2 is 1.81 bits per heavy atom. The van der Waals surface area contributed by atoms with E-state index in [9.17, 15) is 9.59 Å². The number of nitrogens with one attached hydrogen (secondary N) is 1. The lowest BCUT2D eigenvalue weighted by molar-refractivity contribution is -0.135. The maximum absolute atomic E-state index is 12.7. The van der Waals surface area contributed by atoms with E-state index in [0.29, 0.717) is 0 Å². The van der Waals surface area contributed by atoms with Gasteiger partial charge in [0.15, 0.2) is 0 Å². The average Bonchev–Trinajstić information content (AvgIpc) is 2.86. The molecule has 1 saturated heterocycles. The molecule has 0 unspecified atom stereocenters. The molecule has 1 atom stereocenters. The van der Waals surface area contributed by atoms with Crippen molar-refractivity contribution in [2.24, 2.45) is 0 Å². The highest BCUT2D eigenvalue weighted by Crippen LogP contribution is 2.18. The first-order chi connectivity index (χ1) is 12.5. The van der Waals surface area contributed by atoms with E-state index in [1.54, 1.807) is 6.92 Å². The van der Waals surface area contributed by atoms with Gasteiger partial charge in [0.1, 0.15) is 6.04 Å². The largest absolute Gasteiger partial charge is 0.344 e. The molecule has 138 valence electrons. The standard InChI is InChI=1S/C21H27N3O2/c1-16(21(26)24-12-6-11-23(2)13-14-24)22-20(25)15-18-9-5-8-17-7-3-4-10-19(17)18/h3-5,7-10,16H,6,11-15H2,1-2H3,(H,22,25)/t16-/m1/s1. The van der Waals surface area contributed by atoms with Crippen molar-refractivity contribution in [3.8, 4) is 0 Å². The van der Waals surface area contributed by atoms with Crippen LogP contribution in [0.4, 0.5) is 0 Å². The molecule has 1 N–H and O–H groups in total. The van der Waals surface area contributed by atoms with E-state index in [4.69, 9.17) is 0 Å². The van der Waals surface area contributed by atoms with Gasteiger partial charge in [-0.1, -0.05) is 42.5 Å². The zero-order chi connectivity index (χ0) is 18.5. The summed E-state index contributed by atoms with van der Waals surface area (Å²) in [5.41, 5.74) is 0.983. The molecule has 2 aromatic rings. The Labute approximate surface area is 155 Å². The zero-order valence-electron chi connectivity index (χ0n) is 15.6. The highest BCUT2D eigenvalue weighted by Gasteiger charge is 2.23. The highest BCUT2D eigenvalue weighted by molar-refractivity contribution is 5.92. The second-order valence-electron chi connectivity index (χ2n) is 7.09. The predicted octanol–water partition coefficient (Wildman–Crippen LogP) is 2.05. The van der Waals surface area contributed by atoms with Crippen LogP contribution in [0, 0.1) is 0 Å². The molecule has 2 amide bonds. The number of hydrogen-bond donors (Lipinski definition) is 1. The number of benzene rings is 2. The minimum atomic E-state index is -0.499. The first-order valence-corrected chi connectivity index (χ1v) is 9.28. The summed E-state index contributed by atoms with van der Waals surface area (Å²) in [6.45, 7) is 5.14. The Morgan fingerprint density at radius 3 is 2.65 bits per heavy atom. The molecule has 1 heterocycles. The fourth-order valence-electron chi connectivity index (χ4n) is 3.51. The molecule has 3 rings (SSSR count). The van der Waals surface area contributed by atoms with E-state index >= 15 is 0 Å².